The van der Waals surface area contributed by atoms with Crippen LogP contribution in [0.1, 0.15) is 25.5 Å². The Morgan fingerprint density at radius 3 is 2.62 bits per heavy atom. The second-order valence-electron chi connectivity index (χ2n) is 3.87. The summed E-state index contributed by atoms with van der Waals surface area (Å²) in [5, 5.41) is 12.3. The van der Waals surface area contributed by atoms with Crippen LogP contribution in [0.15, 0.2) is 23.1 Å². The lowest BCUT2D eigenvalue weighted by Gasteiger charge is -2.16. The zero-order valence-electron chi connectivity index (χ0n) is 9.83. The smallest absolute Gasteiger partial charge is 0.137 e. The Hall–Kier alpha value is -0.580. The van der Waals surface area contributed by atoms with Crippen LogP contribution in [0.4, 0.5) is 4.39 Å². The van der Waals surface area contributed by atoms with Gasteiger partial charge in [0.2, 0.25) is 0 Å². The molecule has 2 nitrogen and oxygen atoms in total. The zero-order chi connectivity index (χ0) is 12.1. The van der Waals surface area contributed by atoms with Gasteiger partial charge in [-0.05, 0) is 37.8 Å². The van der Waals surface area contributed by atoms with Crippen LogP contribution in [0.25, 0.3) is 0 Å². The van der Waals surface area contributed by atoms with Crippen LogP contribution in [0.5, 0.6) is 0 Å². The fraction of sp³-hybridized carbons (Fsp3) is 0.500. The lowest BCUT2D eigenvalue weighted by Crippen LogP contribution is -2.27. The standard InChI is InChI=1S/C12H18FNOS/c1-8(15)7-14-9(2)10-4-5-12(16-3)11(13)6-10/h4-6,8-9,14-15H,7H2,1-3H3/t8-,9?/m0/s1. The highest BCUT2D eigenvalue weighted by molar-refractivity contribution is 7.98. The van der Waals surface area contributed by atoms with Gasteiger partial charge in [-0.3, -0.25) is 0 Å². The van der Waals surface area contributed by atoms with E-state index in [1.807, 2.05) is 19.2 Å². The van der Waals surface area contributed by atoms with Gasteiger partial charge in [-0.1, -0.05) is 6.07 Å². The molecule has 0 amide bonds. The minimum Gasteiger partial charge on any atom is -0.392 e. The maximum absolute atomic E-state index is 13.5. The SMILES string of the molecule is CSc1ccc(C(C)NC[C@H](C)O)cc1F. The largest absolute Gasteiger partial charge is 0.392 e. The average Bonchev–Trinajstić information content (AvgIpc) is 2.25. The Morgan fingerprint density at radius 1 is 1.44 bits per heavy atom. The first kappa shape index (κ1) is 13.5. The molecule has 0 fully saturated rings. The van der Waals surface area contributed by atoms with Crippen molar-refractivity contribution in [3.05, 3.63) is 29.6 Å². The maximum atomic E-state index is 13.5. The van der Waals surface area contributed by atoms with E-state index in [1.54, 1.807) is 19.1 Å². The number of benzene rings is 1. The molecule has 90 valence electrons. The number of nitrogens with one attached hydrogen (secondary N) is 1. The summed E-state index contributed by atoms with van der Waals surface area (Å²) < 4.78 is 13.5. The molecule has 1 rings (SSSR count). The first-order valence-electron chi connectivity index (χ1n) is 5.29. The zero-order valence-corrected chi connectivity index (χ0v) is 10.6. The van der Waals surface area contributed by atoms with Crippen molar-refractivity contribution in [1.82, 2.24) is 5.32 Å². The normalized spacial score (nSPS) is 14.8. The molecular formula is C12H18FNOS. The molecular weight excluding hydrogens is 225 g/mol. The summed E-state index contributed by atoms with van der Waals surface area (Å²) in [6, 6.07) is 5.29. The summed E-state index contributed by atoms with van der Waals surface area (Å²) in [4.78, 5) is 0.659. The van der Waals surface area contributed by atoms with Crippen LogP contribution in [0.3, 0.4) is 0 Å². The van der Waals surface area contributed by atoms with Crippen molar-refractivity contribution in [1.29, 1.82) is 0 Å². The third-order valence-electron chi connectivity index (χ3n) is 2.40. The summed E-state index contributed by atoms with van der Waals surface area (Å²) in [5.74, 6) is -0.185. The number of aliphatic hydroxyl groups is 1. The van der Waals surface area contributed by atoms with Crippen molar-refractivity contribution >= 4 is 11.8 Å². The van der Waals surface area contributed by atoms with E-state index in [4.69, 9.17) is 5.11 Å². The van der Waals surface area contributed by atoms with Gasteiger partial charge in [0, 0.05) is 17.5 Å². The third kappa shape index (κ3) is 3.77. The topological polar surface area (TPSA) is 32.3 Å². The number of rotatable bonds is 5. The van der Waals surface area contributed by atoms with Crippen LogP contribution in [-0.4, -0.2) is 24.0 Å². The van der Waals surface area contributed by atoms with Gasteiger partial charge in [-0.25, -0.2) is 4.39 Å². The monoisotopic (exact) mass is 243 g/mol. The molecule has 0 bridgehead atoms. The van der Waals surface area contributed by atoms with E-state index in [0.717, 1.165) is 5.56 Å². The van der Waals surface area contributed by atoms with Crippen molar-refractivity contribution in [2.24, 2.45) is 0 Å². The first-order chi connectivity index (χ1) is 7.54. The number of thioether (sulfide) groups is 1. The minimum atomic E-state index is -0.391. The Morgan fingerprint density at radius 2 is 2.12 bits per heavy atom. The van der Waals surface area contributed by atoms with Gasteiger partial charge in [0.05, 0.1) is 6.10 Å². The number of aliphatic hydroxyl groups excluding tert-OH is 1. The molecule has 0 radical (unpaired) electrons. The molecule has 1 aromatic rings. The molecule has 4 heteroatoms. The summed E-state index contributed by atoms with van der Waals surface area (Å²) in [7, 11) is 0. The van der Waals surface area contributed by atoms with E-state index >= 15 is 0 Å². The molecule has 0 saturated carbocycles. The molecule has 0 spiro atoms. The first-order valence-corrected chi connectivity index (χ1v) is 6.52. The van der Waals surface area contributed by atoms with Crippen LogP contribution in [0, 0.1) is 5.82 Å². The van der Waals surface area contributed by atoms with Gasteiger partial charge in [-0.2, -0.15) is 0 Å². The van der Waals surface area contributed by atoms with Crippen molar-refractivity contribution in [2.75, 3.05) is 12.8 Å². The summed E-state index contributed by atoms with van der Waals surface area (Å²) in [6.07, 6.45) is 1.46. The Labute approximate surface area is 100 Å². The molecule has 2 atom stereocenters. The molecule has 0 aliphatic heterocycles. The second kappa shape index (κ2) is 6.23. The quantitative estimate of drug-likeness (QED) is 0.780. The van der Waals surface area contributed by atoms with Gasteiger partial charge in [0.25, 0.3) is 0 Å². The second-order valence-corrected chi connectivity index (χ2v) is 4.72. The van der Waals surface area contributed by atoms with Crippen LogP contribution < -0.4 is 5.32 Å². The van der Waals surface area contributed by atoms with Crippen LogP contribution >= 0.6 is 11.8 Å². The maximum Gasteiger partial charge on any atom is 0.137 e. The van der Waals surface area contributed by atoms with E-state index in [2.05, 4.69) is 5.32 Å². The van der Waals surface area contributed by atoms with Crippen molar-refractivity contribution in [3.8, 4) is 0 Å². The molecule has 1 aromatic carbocycles. The van der Waals surface area contributed by atoms with Crippen molar-refractivity contribution < 1.29 is 9.50 Å². The van der Waals surface area contributed by atoms with E-state index in [1.165, 1.54) is 11.8 Å². The van der Waals surface area contributed by atoms with Gasteiger partial charge >= 0.3 is 0 Å². The predicted molar refractivity (Wildman–Crippen MR) is 66.3 cm³/mol. The summed E-state index contributed by atoms with van der Waals surface area (Å²) in [5.41, 5.74) is 0.899. The van der Waals surface area contributed by atoms with E-state index in [-0.39, 0.29) is 11.9 Å². The molecule has 2 N–H and O–H groups in total. The predicted octanol–water partition coefficient (Wildman–Crippen LogP) is 2.58. The number of hydrogen-bond acceptors (Lipinski definition) is 3. The van der Waals surface area contributed by atoms with Crippen LogP contribution in [0.2, 0.25) is 0 Å². The third-order valence-corrected chi connectivity index (χ3v) is 3.17. The summed E-state index contributed by atoms with van der Waals surface area (Å²) in [6.45, 7) is 4.18. The van der Waals surface area contributed by atoms with Gasteiger partial charge < -0.3 is 10.4 Å². The fourth-order valence-corrected chi connectivity index (χ4v) is 1.88. The molecule has 0 aromatic heterocycles. The van der Waals surface area contributed by atoms with Gasteiger partial charge in [0.15, 0.2) is 0 Å². The van der Waals surface area contributed by atoms with Crippen LogP contribution in [-0.2, 0) is 0 Å². The molecule has 0 aliphatic carbocycles. The lowest BCUT2D eigenvalue weighted by atomic mass is 10.1. The van der Waals surface area contributed by atoms with Crippen molar-refractivity contribution in [3.63, 3.8) is 0 Å². The molecule has 1 unspecified atom stereocenters. The molecule has 0 aliphatic rings. The molecule has 16 heavy (non-hydrogen) atoms. The Balaban J connectivity index is 2.69. The van der Waals surface area contributed by atoms with E-state index in [9.17, 15) is 4.39 Å². The highest BCUT2D eigenvalue weighted by Crippen LogP contribution is 2.22. The highest BCUT2D eigenvalue weighted by Gasteiger charge is 2.09. The Bertz CT molecular complexity index is 344. The lowest BCUT2D eigenvalue weighted by molar-refractivity contribution is 0.187. The molecule has 0 heterocycles. The number of halogens is 1. The Kier molecular flexibility index (Phi) is 5.25. The number of hydrogen-bond donors (Lipinski definition) is 2. The van der Waals surface area contributed by atoms with E-state index in [0.29, 0.717) is 11.4 Å². The highest BCUT2D eigenvalue weighted by atomic mass is 32.2. The minimum absolute atomic E-state index is 0.0417. The molecule has 0 saturated heterocycles. The fourth-order valence-electron chi connectivity index (χ4n) is 1.42. The van der Waals surface area contributed by atoms with Gasteiger partial charge in [-0.15, -0.1) is 11.8 Å². The van der Waals surface area contributed by atoms with Crippen molar-refractivity contribution in [2.45, 2.75) is 30.9 Å². The average molecular weight is 243 g/mol. The summed E-state index contributed by atoms with van der Waals surface area (Å²) >= 11 is 1.40. The van der Waals surface area contributed by atoms with E-state index < -0.39 is 6.10 Å². The van der Waals surface area contributed by atoms with Gasteiger partial charge in [0.1, 0.15) is 5.82 Å².